The Balaban J connectivity index is 2.99. The molecule has 0 aromatic heterocycles. The zero-order chi connectivity index (χ0) is 13.8. The van der Waals surface area contributed by atoms with Crippen LogP contribution in [0.3, 0.4) is 0 Å². The Kier molecular flexibility index (Phi) is 5.03. The third kappa shape index (κ3) is 3.17. The molecule has 0 fully saturated rings. The molecular weight excluding hydrogens is 262 g/mol. The predicted molar refractivity (Wildman–Crippen MR) is 66.6 cm³/mol. The summed E-state index contributed by atoms with van der Waals surface area (Å²) in [4.78, 5) is 1.56. The molecule has 4 nitrogen and oxygen atoms in total. The smallest absolute Gasteiger partial charge is 0.341 e. The fourth-order valence-corrected chi connectivity index (χ4v) is 2.30. The molecule has 1 aromatic carbocycles. The van der Waals surface area contributed by atoms with E-state index in [4.69, 9.17) is 5.73 Å². The van der Waals surface area contributed by atoms with Crippen LogP contribution >= 0.6 is 0 Å². The van der Waals surface area contributed by atoms with E-state index in [2.05, 4.69) is 0 Å². The quantitative estimate of drug-likeness (QED) is 0.856. The van der Waals surface area contributed by atoms with Gasteiger partial charge in [0, 0.05) is 25.3 Å². The van der Waals surface area contributed by atoms with Gasteiger partial charge in [-0.15, -0.1) is 0 Å². The highest BCUT2D eigenvalue weighted by Crippen LogP contribution is 2.21. The number of rotatable bonds is 6. The number of hydrogen-bond acceptors (Lipinski definition) is 4. The van der Waals surface area contributed by atoms with Gasteiger partial charge < -0.3 is 10.6 Å². The first-order valence-corrected chi connectivity index (χ1v) is 7.05. The van der Waals surface area contributed by atoms with Crippen molar-refractivity contribution in [3.05, 3.63) is 24.3 Å². The first-order chi connectivity index (χ1) is 8.43. The summed E-state index contributed by atoms with van der Waals surface area (Å²) < 4.78 is 47.1. The number of nitrogens with zero attached hydrogens (tertiary/aromatic N) is 1. The first-order valence-electron chi connectivity index (χ1n) is 5.50. The van der Waals surface area contributed by atoms with Crippen LogP contribution in [0.2, 0.25) is 0 Å². The van der Waals surface area contributed by atoms with Crippen LogP contribution in [-0.4, -0.2) is 33.8 Å². The van der Waals surface area contributed by atoms with Crippen LogP contribution in [0.25, 0.3) is 0 Å². The number of anilines is 1. The van der Waals surface area contributed by atoms with Gasteiger partial charge >= 0.3 is 5.76 Å². The standard InChI is InChI=1S/C11H16F2N2O2S/c1-2-15(8-7-14)9-3-5-10(6-4-9)18(16,17)11(12)13/h3-6,11H,2,7-8,14H2,1H3. The average molecular weight is 278 g/mol. The number of alkyl halides is 2. The Morgan fingerprint density at radius 2 is 1.83 bits per heavy atom. The monoisotopic (exact) mass is 278 g/mol. The van der Waals surface area contributed by atoms with Crippen molar-refractivity contribution in [3.63, 3.8) is 0 Å². The van der Waals surface area contributed by atoms with Crippen molar-refractivity contribution in [1.82, 2.24) is 0 Å². The molecule has 0 spiro atoms. The summed E-state index contributed by atoms with van der Waals surface area (Å²) in [6, 6.07) is 5.40. The third-order valence-electron chi connectivity index (χ3n) is 2.55. The molecule has 0 bridgehead atoms. The highest BCUT2D eigenvalue weighted by Gasteiger charge is 2.26. The maximum atomic E-state index is 12.3. The molecule has 0 saturated carbocycles. The van der Waals surface area contributed by atoms with Crippen LogP contribution in [0.1, 0.15) is 6.92 Å². The number of halogens is 2. The number of nitrogens with two attached hydrogens (primary N) is 1. The van der Waals surface area contributed by atoms with Gasteiger partial charge in [0.2, 0.25) is 9.84 Å². The molecular formula is C11H16F2N2O2S. The van der Waals surface area contributed by atoms with Gasteiger partial charge in [0.15, 0.2) is 0 Å². The molecule has 2 N–H and O–H groups in total. The van der Waals surface area contributed by atoms with Crippen molar-refractivity contribution < 1.29 is 17.2 Å². The molecule has 0 radical (unpaired) electrons. The first kappa shape index (κ1) is 14.8. The number of likely N-dealkylation sites (N-methyl/N-ethyl adjacent to an activating group) is 1. The minimum atomic E-state index is -4.51. The Morgan fingerprint density at radius 3 is 2.22 bits per heavy atom. The average Bonchev–Trinajstić information content (AvgIpc) is 2.36. The van der Waals surface area contributed by atoms with Crippen LogP contribution in [0.4, 0.5) is 14.5 Å². The van der Waals surface area contributed by atoms with Gasteiger partial charge in [-0.05, 0) is 31.2 Å². The maximum absolute atomic E-state index is 12.3. The number of hydrogen-bond donors (Lipinski definition) is 1. The van der Waals surface area contributed by atoms with Crippen molar-refractivity contribution in [3.8, 4) is 0 Å². The van der Waals surface area contributed by atoms with Gasteiger partial charge in [-0.3, -0.25) is 0 Å². The van der Waals surface area contributed by atoms with Crippen molar-refractivity contribution >= 4 is 15.5 Å². The molecule has 0 aliphatic carbocycles. The van der Waals surface area contributed by atoms with E-state index in [-0.39, 0.29) is 4.90 Å². The Bertz CT molecular complexity index is 474. The Labute approximate surface area is 105 Å². The van der Waals surface area contributed by atoms with Crippen LogP contribution in [0.15, 0.2) is 29.2 Å². The van der Waals surface area contributed by atoms with E-state index >= 15 is 0 Å². The van der Waals surface area contributed by atoms with Crippen molar-refractivity contribution in [2.45, 2.75) is 17.6 Å². The second-order valence-corrected chi connectivity index (χ2v) is 5.59. The normalized spacial score (nSPS) is 11.8. The minimum absolute atomic E-state index is 0.370. The highest BCUT2D eigenvalue weighted by atomic mass is 32.2. The van der Waals surface area contributed by atoms with Crippen LogP contribution < -0.4 is 10.6 Å². The summed E-state index contributed by atoms with van der Waals surface area (Å²) in [5.74, 6) is -3.39. The molecule has 0 amide bonds. The molecule has 7 heteroatoms. The predicted octanol–water partition coefficient (Wildman–Crippen LogP) is 1.47. The molecule has 0 unspecified atom stereocenters. The number of benzene rings is 1. The molecule has 18 heavy (non-hydrogen) atoms. The van der Waals surface area contributed by atoms with Gasteiger partial charge in [-0.1, -0.05) is 0 Å². The van der Waals surface area contributed by atoms with E-state index in [1.54, 1.807) is 0 Å². The molecule has 0 aliphatic heterocycles. The lowest BCUT2D eigenvalue weighted by molar-refractivity contribution is 0.234. The van der Waals surface area contributed by atoms with Crippen LogP contribution in [-0.2, 0) is 9.84 Å². The minimum Gasteiger partial charge on any atom is -0.371 e. The van der Waals surface area contributed by atoms with Gasteiger partial charge in [0.05, 0.1) is 4.90 Å². The fraction of sp³-hybridized carbons (Fsp3) is 0.455. The lowest BCUT2D eigenvalue weighted by atomic mass is 10.3. The van der Waals surface area contributed by atoms with E-state index in [0.29, 0.717) is 19.6 Å². The van der Waals surface area contributed by atoms with E-state index < -0.39 is 15.6 Å². The summed E-state index contributed by atoms with van der Waals surface area (Å²) in [7, 11) is -4.51. The molecule has 1 aromatic rings. The van der Waals surface area contributed by atoms with Gasteiger partial charge in [0.1, 0.15) is 0 Å². The zero-order valence-corrected chi connectivity index (χ0v) is 10.8. The van der Waals surface area contributed by atoms with E-state index in [1.807, 2.05) is 11.8 Å². The maximum Gasteiger partial charge on any atom is 0.341 e. The molecule has 0 heterocycles. The van der Waals surface area contributed by atoms with Crippen molar-refractivity contribution in [2.24, 2.45) is 5.73 Å². The van der Waals surface area contributed by atoms with Gasteiger partial charge in [-0.25, -0.2) is 8.42 Å². The van der Waals surface area contributed by atoms with Crippen LogP contribution in [0, 0.1) is 0 Å². The summed E-state index contributed by atoms with van der Waals surface area (Å²) >= 11 is 0. The van der Waals surface area contributed by atoms with E-state index in [0.717, 1.165) is 5.69 Å². The van der Waals surface area contributed by atoms with Crippen LogP contribution in [0.5, 0.6) is 0 Å². The summed E-state index contributed by atoms with van der Waals surface area (Å²) in [6.45, 7) is 3.72. The van der Waals surface area contributed by atoms with Crippen molar-refractivity contribution in [1.29, 1.82) is 0 Å². The number of sulfone groups is 1. The van der Waals surface area contributed by atoms with E-state index in [1.165, 1.54) is 24.3 Å². The zero-order valence-electron chi connectivity index (χ0n) is 10.0. The summed E-state index contributed by atoms with van der Waals surface area (Å²) in [5, 5.41) is 0. The fourth-order valence-electron chi connectivity index (χ4n) is 1.58. The Morgan fingerprint density at radius 1 is 1.28 bits per heavy atom. The second kappa shape index (κ2) is 6.10. The van der Waals surface area contributed by atoms with Crippen molar-refractivity contribution in [2.75, 3.05) is 24.5 Å². The molecule has 0 saturated heterocycles. The molecule has 1 rings (SSSR count). The summed E-state index contributed by atoms with van der Waals surface area (Å²) in [5.41, 5.74) is 6.20. The third-order valence-corrected chi connectivity index (χ3v) is 3.94. The van der Waals surface area contributed by atoms with Gasteiger partial charge in [-0.2, -0.15) is 8.78 Å². The molecule has 0 atom stereocenters. The largest absolute Gasteiger partial charge is 0.371 e. The SMILES string of the molecule is CCN(CCN)c1ccc(S(=O)(=O)C(F)F)cc1. The van der Waals surface area contributed by atoms with E-state index in [9.17, 15) is 17.2 Å². The highest BCUT2D eigenvalue weighted by molar-refractivity contribution is 7.91. The second-order valence-electron chi connectivity index (χ2n) is 3.67. The lowest BCUT2D eigenvalue weighted by Crippen LogP contribution is -2.29. The Hall–Kier alpha value is -1.21. The topological polar surface area (TPSA) is 63.4 Å². The van der Waals surface area contributed by atoms with Gasteiger partial charge in [0.25, 0.3) is 0 Å². The molecule has 0 aliphatic rings. The lowest BCUT2D eigenvalue weighted by Gasteiger charge is -2.22. The summed E-state index contributed by atoms with van der Waals surface area (Å²) in [6.07, 6.45) is 0. The molecule has 102 valence electrons.